The molecule has 0 bridgehead atoms. The van der Waals surface area contributed by atoms with Crippen LogP contribution < -0.4 is 5.32 Å². The molecule has 18 heavy (non-hydrogen) atoms. The zero-order valence-corrected chi connectivity index (χ0v) is 12.1. The number of rotatable bonds is 3. The normalized spacial score (nSPS) is 10.7. The second-order valence-corrected chi connectivity index (χ2v) is 5.01. The van der Waals surface area contributed by atoms with Gasteiger partial charge in [0.1, 0.15) is 5.15 Å². The van der Waals surface area contributed by atoms with Crippen LogP contribution >= 0.6 is 23.2 Å². The summed E-state index contributed by atoms with van der Waals surface area (Å²) in [6.45, 7) is 4.58. The van der Waals surface area contributed by atoms with Gasteiger partial charge in [0.2, 0.25) is 0 Å². The molecule has 0 aliphatic rings. The Morgan fingerprint density at radius 1 is 1.28 bits per heavy atom. The monoisotopic (exact) mass is 283 g/mol. The zero-order chi connectivity index (χ0) is 13.3. The molecule has 1 heterocycles. The van der Waals surface area contributed by atoms with Crippen LogP contribution in [0.2, 0.25) is 10.2 Å². The molecule has 0 saturated heterocycles. The van der Waals surface area contributed by atoms with Crippen LogP contribution in [-0.4, -0.2) is 9.78 Å². The summed E-state index contributed by atoms with van der Waals surface area (Å²) in [5.41, 5.74) is 4.01. The number of hydrogen-bond donors (Lipinski definition) is 1. The van der Waals surface area contributed by atoms with Crippen molar-refractivity contribution in [2.45, 2.75) is 20.4 Å². The van der Waals surface area contributed by atoms with Crippen LogP contribution in [-0.2, 0) is 13.6 Å². The lowest BCUT2D eigenvalue weighted by Gasteiger charge is -2.10. The van der Waals surface area contributed by atoms with Gasteiger partial charge in [-0.05, 0) is 31.5 Å². The van der Waals surface area contributed by atoms with Crippen molar-refractivity contribution in [3.63, 3.8) is 0 Å². The van der Waals surface area contributed by atoms with Crippen molar-refractivity contribution in [3.8, 4) is 0 Å². The Kier molecular flexibility index (Phi) is 3.83. The standard InChI is InChI=1S/C13H15Cl2N3/c1-8-11(14)5-4-6-12(8)16-7-10-9(2)17-18(3)13(10)15/h4-6,16H,7H2,1-3H3. The summed E-state index contributed by atoms with van der Waals surface area (Å²) in [4.78, 5) is 0. The van der Waals surface area contributed by atoms with Gasteiger partial charge in [0.05, 0.1) is 5.69 Å². The van der Waals surface area contributed by atoms with Crippen molar-refractivity contribution in [1.29, 1.82) is 0 Å². The Morgan fingerprint density at radius 2 is 2.00 bits per heavy atom. The second kappa shape index (κ2) is 5.21. The highest BCUT2D eigenvalue weighted by atomic mass is 35.5. The summed E-state index contributed by atoms with van der Waals surface area (Å²) in [6, 6.07) is 5.81. The van der Waals surface area contributed by atoms with Crippen molar-refractivity contribution in [2.75, 3.05) is 5.32 Å². The summed E-state index contributed by atoms with van der Waals surface area (Å²) in [7, 11) is 1.84. The van der Waals surface area contributed by atoms with Gasteiger partial charge in [-0.15, -0.1) is 0 Å². The lowest BCUT2D eigenvalue weighted by Crippen LogP contribution is -2.02. The molecular weight excluding hydrogens is 269 g/mol. The van der Waals surface area contributed by atoms with Crippen molar-refractivity contribution in [2.24, 2.45) is 7.05 Å². The number of halogens is 2. The minimum atomic E-state index is 0.639. The fourth-order valence-corrected chi connectivity index (χ4v) is 2.27. The highest BCUT2D eigenvalue weighted by Crippen LogP contribution is 2.25. The molecule has 0 fully saturated rings. The van der Waals surface area contributed by atoms with Gasteiger partial charge in [-0.25, -0.2) is 0 Å². The van der Waals surface area contributed by atoms with Crippen LogP contribution in [0.25, 0.3) is 0 Å². The minimum Gasteiger partial charge on any atom is -0.381 e. The van der Waals surface area contributed by atoms with E-state index in [4.69, 9.17) is 23.2 Å². The van der Waals surface area contributed by atoms with Gasteiger partial charge in [0.15, 0.2) is 0 Å². The second-order valence-electron chi connectivity index (χ2n) is 4.24. The van der Waals surface area contributed by atoms with Crippen LogP contribution in [0.1, 0.15) is 16.8 Å². The molecule has 96 valence electrons. The first-order chi connectivity index (χ1) is 8.50. The van der Waals surface area contributed by atoms with Gasteiger partial charge in [0.25, 0.3) is 0 Å². The van der Waals surface area contributed by atoms with E-state index >= 15 is 0 Å². The van der Waals surface area contributed by atoms with E-state index in [9.17, 15) is 0 Å². The van der Waals surface area contributed by atoms with Crippen molar-refractivity contribution in [3.05, 3.63) is 45.2 Å². The SMILES string of the molecule is Cc1nn(C)c(Cl)c1CNc1cccc(Cl)c1C. The highest BCUT2D eigenvalue weighted by molar-refractivity contribution is 6.31. The molecule has 0 aliphatic heterocycles. The van der Waals surface area contributed by atoms with Crippen LogP contribution in [0.4, 0.5) is 5.69 Å². The van der Waals surface area contributed by atoms with Crippen LogP contribution in [0.3, 0.4) is 0 Å². The molecule has 5 heteroatoms. The molecule has 1 N–H and O–H groups in total. The molecule has 3 nitrogen and oxygen atoms in total. The fraction of sp³-hybridized carbons (Fsp3) is 0.308. The number of nitrogens with zero attached hydrogens (tertiary/aromatic N) is 2. The first-order valence-corrected chi connectivity index (χ1v) is 6.43. The lowest BCUT2D eigenvalue weighted by molar-refractivity contribution is 0.757. The predicted molar refractivity (Wildman–Crippen MR) is 76.5 cm³/mol. The van der Waals surface area contributed by atoms with Crippen molar-refractivity contribution >= 4 is 28.9 Å². The summed E-state index contributed by atoms with van der Waals surface area (Å²) < 4.78 is 1.68. The zero-order valence-electron chi connectivity index (χ0n) is 10.6. The molecule has 1 aromatic heterocycles. The molecular formula is C13H15Cl2N3. The lowest BCUT2D eigenvalue weighted by atomic mass is 10.2. The van der Waals surface area contributed by atoms with E-state index in [1.807, 2.05) is 39.1 Å². The van der Waals surface area contributed by atoms with Crippen molar-refractivity contribution in [1.82, 2.24) is 9.78 Å². The fourth-order valence-electron chi connectivity index (χ4n) is 1.86. The first kappa shape index (κ1) is 13.2. The average Bonchev–Trinajstić information content (AvgIpc) is 2.56. The molecule has 0 saturated carbocycles. The molecule has 0 spiro atoms. The van der Waals surface area contributed by atoms with E-state index in [1.165, 1.54) is 0 Å². The van der Waals surface area contributed by atoms with Crippen molar-refractivity contribution < 1.29 is 0 Å². The number of benzene rings is 1. The third kappa shape index (κ3) is 2.47. The maximum Gasteiger partial charge on any atom is 0.131 e. The number of nitrogens with one attached hydrogen (secondary N) is 1. The van der Waals surface area contributed by atoms with Gasteiger partial charge >= 0.3 is 0 Å². The Hall–Kier alpha value is -1.19. The largest absolute Gasteiger partial charge is 0.381 e. The van der Waals surface area contributed by atoms with E-state index in [-0.39, 0.29) is 0 Å². The molecule has 0 radical (unpaired) electrons. The highest BCUT2D eigenvalue weighted by Gasteiger charge is 2.11. The number of aryl methyl sites for hydroxylation is 2. The van der Waals surface area contributed by atoms with Gasteiger partial charge in [-0.3, -0.25) is 4.68 Å². The Morgan fingerprint density at radius 3 is 2.61 bits per heavy atom. The molecule has 0 atom stereocenters. The number of anilines is 1. The smallest absolute Gasteiger partial charge is 0.131 e. The summed E-state index contributed by atoms with van der Waals surface area (Å²) >= 11 is 12.3. The molecule has 2 rings (SSSR count). The third-order valence-electron chi connectivity index (χ3n) is 2.99. The minimum absolute atomic E-state index is 0.639. The summed E-state index contributed by atoms with van der Waals surface area (Å²) in [6.07, 6.45) is 0. The average molecular weight is 284 g/mol. The van der Waals surface area contributed by atoms with Crippen LogP contribution in [0.15, 0.2) is 18.2 Å². The maximum atomic E-state index is 6.19. The number of aromatic nitrogens is 2. The number of hydrogen-bond acceptors (Lipinski definition) is 2. The Balaban J connectivity index is 2.19. The Labute approximate surface area is 117 Å². The molecule has 1 aromatic carbocycles. The summed E-state index contributed by atoms with van der Waals surface area (Å²) in [5, 5.41) is 9.05. The van der Waals surface area contributed by atoms with E-state index < -0.39 is 0 Å². The molecule has 2 aromatic rings. The van der Waals surface area contributed by atoms with E-state index in [2.05, 4.69) is 10.4 Å². The predicted octanol–water partition coefficient (Wildman–Crippen LogP) is 3.96. The summed E-state index contributed by atoms with van der Waals surface area (Å²) in [5.74, 6) is 0. The van der Waals surface area contributed by atoms with Gasteiger partial charge in [-0.2, -0.15) is 5.10 Å². The first-order valence-electron chi connectivity index (χ1n) is 5.67. The van der Waals surface area contributed by atoms with Gasteiger partial charge in [0, 0.05) is 29.9 Å². The van der Waals surface area contributed by atoms with Gasteiger partial charge in [-0.1, -0.05) is 29.3 Å². The maximum absolute atomic E-state index is 6.19. The quantitative estimate of drug-likeness (QED) is 0.924. The van der Waals surface area contributed by atoms with E-state index in [1.54, 1.807) is 4.68 Å². The topological polar surface area (TPSA) is 29.9 Å². The Bertz CT molecular complexity index is 576. The van der Waals surface area contributed by atoms with E-state index in [0.29, 0.717) is 11.7 Å². The van der Waals surface area contributed by atoms with Crippen LogP contribution in [0.5, 0.6) is 0 Å². The third-order valence-corrected chi connectivity index (χ3v) is 3.88. The molecule has 0 aliphatic carbocycles. The molecule has 0 amide bonds. The van der Waals surface area contributed by atoms with Gasteiger partial charge < -0.3 is 5.32 Å². The van der Waals surface area contributed by atoms with E-state index in [0.717, 1.165) is 27.5 Å². The molecule has 0 unspecified atom stereocenters. The van der Waals surface area contributed by atoms with Crippen LogP contribution in [0, 0.1) is 13.8 Å².